The van der Waals surface area contributed by atoms with Crippen LogP contribution in [0, 0.1) is 34.6 Å². The lowest BCUT2D eigenvalue weighted by atomic mass is 10.2. The molecule has 3 heterocycles. The van der Waals surface area contributed by atoms with Crippen LogP contribution < -0.4 is 31.9 Å². The number of nitrogens with zero attached hydrogens (tertiary/aromatic N) is 5. The fourth-order valence-corrected chi connectivity index (χ4v) is 10.2. The van der Waals surface area contributed by atoms with E-state index in [0.717, 1.165) is 110 Å². The molecule has 0 unspecified atom stereocenters. The zero-order chi connectivity index (χ0) is 62.0. The summed E-state index contributed by atoms with van der Waals surface area (Å²) in [4.78, 5) is 57.4. The van der Waals surface area contributed by atoms with Crippen LogP contribution >= 0.6 is 92.8 Å². The highest BCUT2D eigenvalue weighted by Gasteiger charge is 2.18. The number of rotatable bonds is 16. The number of anilines is 5. The third kappa shape index (κ3) is 34.1. The van der Waals surface area contributed by atoms with E-state index in [0.29, 0.717) is 78.4 Å². The SMILES string of the molecule is C.C.C.C.C.C.Cc1c(Cl)cc(NC(=O)CN(C)C)cc1Cl.Cc1c(Cl)cc(NC(=O)CN2CCCC2)cc1Cl.Cc1c(Cl)cc(NC(=O)CN2CCNCC2)cc1Cl.Cc1ccc(NC(=O)CN2CCCC2)cc1Cl.Cc1ccc(NCCN(C)C)cc1Cl. The molecule has 0 spiro atoms. The van der Waals surface area contributed by atoms with Gasteiger partial charge in [0.15, 0.2) is 0 Å². The van der Waals surface area contributed by atoms with Crippen LogP contribution in [0.15, 0.2) is 72.8 Å². The quantitative estimate of drug-likeness (QED) is 0.0559. The smallest absolute Gasteiger partial charge is 0.238 e. The largest absolute Gasteiger partial charge is 0.384 e. The number of carbonyl (C=O) groups is 4. The molecule has 0 saturated carbocycles. The summed E-state index contributed by atoms with van der Waals surface area (Å²) in [6.45, 7) is 20.8. The second-order valence-electron chi connectivity index (χ2n) is 21.3. The van der Waals surface area contributed by atoms with Gasteiger partial charge in [-0.2, -0.15) is 0 Å². The number of likely N-dealkylation sites (N-methyl/N-ethyl adjacent to an activating group) is 2. The molecule has 90 heavy (non-hydrogen) atoms. The van der Waals surface area contributed by atoms with Crippen molar-refractivity contribution in [1.29, 1.82) is 0 Å². The average Bonchev–Trinajstić information content (AvgIpc) is 4.14. The Kier molecular flexibility index (Phi) is 46.9. The minimum absolute atomic E-state index is 0. The van der Waals surface area contributed by atoms with E-state index in [4.69, 9.17) is 92.8 Å². The molecule has 3 saturated heterocycles. The van der Waals surface area contributed by atoms with E-state index in [1.807, 2.05) is 73.0 Å². The number of piperazine rings is 1. The van der Waals surface area contributed by atoms with Crippen LogP contribution in [-0.2, 0) is 19.2 Å². The van der Waals surface area contributed by atoms with Gasteiger partial charge in [-0.05, 0) is 203 Å². The van der Waals surface area contributed by atoms with Crippen molar-refractivity contribution in [2.24, 2.45) is 0 Å². The highest BCUT2D eigenvalue weighted by Crippen LogP contribution is 2.31. The molecule has 3 aliphatic rings. The first-order chi connectivity index (χ1) is 39.8. The molecule has 0 radical (unpaired) electrons. The third-order valence-electron chi connectivity index (χ3n) is 13.4. The molecule has 4 amide bonds. The summed E-state index contributed by atoms with van der Waals surface area (Å²) >= 11 is 48.1. The Morgan fingerprint density at radius 1 is 0.400 bits per heavy atom. The molecule has 6 N–H and O–H groups in total. The van der Waals surface area contributed by atoms with Gasteiger partial charge >= 0.3 is 0 Å². The second-order valence-corrected chi connectivity index (χ2v) is 24.5. The number of aryl methyl sites for hydroxylation is 2. The lowest BCUT2D eigenvalue weighted by Crippen LogP contribution is -2.46. The molecule has 8 rings (SSSR count). The lowest BCUT2D eigenvalue weighted by Gasteiger charge is -2.26. The van der Waals surface area contributed by atoms with Crippen LogP contribution in [0.5, 0.6) is 0 Å². The van der Waals surface area contributed by atoms with Crippen molar-refractivity contribution in [1.82, 2.24) is 29.8 Å². The van der Waals surface area contributed by atoms with E-state index in [-0.39, 0.29) is 68.2 Å². The molecule has 5 aromatic carbocycles. The Morgan fingerprint density at radius 2 is 0.689 bits per heavy atom. The number of nitrogens with one attached hydrogen (secondary N) is 6. The van der Waals surface area contributed by atoms with Crippen LogP contribution in [-0.4, -0.2) is 168 Å². The first-order valence-electron chi connectivity index (χ1n) is 27.8. The number of hydrogen-bond acceptors (Lipinski definition) is 11. The van der Waals surface area contributed by atoms with Gasteiger partial charge in [0.2, 0.25) is 23.6 Å². The van der Waals surface area contributed by atoms with Crippen LogP contribution in [0.4, 0.5) is 28.4 Å². The van der Waals surface area contributed by atoms with Gasteiger partial charge in [-0.25, -0.2) is 0 Å². The number of likely N-dealkylation sites (tertiary alicyclic amines) is 2. The highest BCUT2D eigenvalue weighted by molar-refractivity contribution is 6.38. The van der Waals surface area contributed by atoms with Gasteiger partial charge in [0.25, 0.3) is 0 Å². The van der Waals surface area contributed by atoms with Crippen molar-refractivity contribution in [3.8, 4) is 0 Å². The number of hydrogen-bond donors (Lipinski definition) is 6. The van der Waals surface area contributed by atoms with E-state index in [9.17, 15) is 19.2 Å². The van der Waals surface area contributed by atoms with Crippen molar-refractivity contribution in [3.05, 3.63) is 141 Å². The maximum atomic E-state index is 11.9. The predicted molar refractivity (Wildman–Crippen MR) is 397 cm³/mol. The van der Waals surface area contributed by atoms with Crippen LogP contribution in [0.25, 0.3) is 0 Å². The normalized spacial score (nSPS) is 13.2. The Balaban J connectivity index is -0.00000104. The Labute approximate surface area is 581 Å². The number of amides is 4. The van der Waals surface area contributed by atoms with E-state index in [2.05, 4.69) is 71.7 Å². The summed E-state index contributed by atoms with van der Waals surface area (Å²) in [7, 11) is 7.77. The van der Waals surface area contributed by atoms with Gasteiger partial charge in [0, 0.05) is 108 Å². The first kappa shape index (κ1) is 90.1. The molecular formula is C67H105Cl8N11O4. The summed E-state index contributed by atoms with van der Waals surface area (Å²) in [6, 6.07) is 21.9. The monoisotopic (exact) mass is 1410 g/mol. The van der Waals surface area contributed by atoms with Crippen LogP contribution in [0.2, 0.25) is 40.2 Å². The maximum absolute atomic E-state index is 11.9. The van der Waals surface area contributed by atoms with E-state index in [1.54, 1.807) is 47.4 Å². The molecule has 15 nitrogen and oxygen atoms in total. The molecule has 0 bridgehead atoms. The fraction of sp³-hybridized carbons (Fsp3) is 0.493. The maximum Gasteiger partial charge on any atom is 0.238 e. The standard InChI is InChI=1S/C13H17Cl2N3O.C13H16Cl2N2O.C13H17ClN2O.C11H14Cl2N2O.C11H17ClN2.6CH4/c1-9-11(14)6-10(7-12(9)15)17-13(19)8-18-4-2-16-3-5-18;1-9-11(14)6-10(7-12(9)15)16-13(18)8-17-4-2-3-5-17;1-10-4-5-11(8-12(10)14)15-13(17)9-16-6-2-3-7-16;1-7-9(12)4-8(5-10(7)13)14-11(16)6-15(2)3;1-9-4-5-10(8-11(9)12)13-6-7-14(2)3;;;;;;/h6-7,16H,2-5,8H2,1H3,(H,17,19);6-7H,2-5,8H2,1H3,(H,16,18);4-5,8H,2-3,6-7,9H2,1H3,(H,15,17);4-5H,6H2,1-3H3,(H,14,16);4-5,8,13H,6-7H2,1-3H3;6*1H4. The number of benzene rings is 5. The van der Waals surface area contributed by atoms with E-state index in [1.165, 1.54) is 25.7 Å². The molecule has 508 valence electrons. The molecule has 0 atom stereocenters. The van der Waals surface area contributed by atoms with Gasteiger partial charge in [0.1, 0.15) is 0 Å². The first-order valence-corrected chi connectivity index (χ1v) is 30.8. The Bertz CT molecular complexity index is 2890. The second kappa shape index (κ2) is 46.9. The van der Waals surface area contributed by atoms with Gasteiger partial charge in [-0.3, -0.25) is 33.9 Å². The van der Waals surface area contributed by atoms with Crippen molar-refractivity contribution in [3.63, 3.8) is 0 Å². The van der Waals surface area contributed by atoms with Gasteiger partial charge in [-0.15, -0.1) is 0 Å². The van der Waals surface area contributed by atoms with Crippen molar-refractivity contribution >= 4 is 145 Å². The van der Waals surface area contributed by atoms with Crippen LogP contribution in [0.3, 0.4) is 0 Å². The van der Waals surface area contributed by atoms with Gasteiger partial charge in [-0.1, -0.05) is 150 Å². The topological polar surface area (TPSA) is 157 Å². The zero-order valence-electron chi connectivity index (χ0n) is 49.5. The summed E-state index contributed by atoms with van der Waals surface area (Å²) in [5.41, 5.74) is 8.36. The molecule has 23 heteroatoms. The third-order valence-corrected chi connectivity index (χ3v) is 16.5. The molecule has 0 aromatic heterocycles. The summed E-state index contributed by atoms with van der Waals surface area (Å²) in [5.74, 6) is -0.126. The number of carbonyl (C=O) groups excluding carboxylic acids is 4. The highest BCUT2D eigenvalue weighted by atomic mass is 35.5. The van der Waals surface area contributed by atoms with Gasteiger partial charge < -0.3 is 41.7 Å². The number of halogens is 8. The summed E-state index contributed by atoms with van der Waals surface area (Å²) in [6.07, 6.45) is 4.75. The Morgan fingerprint density at radius 3 is 1.01 bits per heavy atom. The molecule has 0 aliphatic carbocycles. The van der Waals surface area contributed by atoms with Crippen molar-refractivity contribution < 1.29 is 19.2 Å². The Hall–Kier alpha value is -4.14. The predicted octanol–water partition coefficient (Wildman–Crippen LogP) is 17.4. The zero-order valence-corrected chi connectivity index (χ0v) is 55.6. The molecule has 5 aromatic rings. The minimum atomic E-state index is -0.0963. The summed E-state index contributed by atoms with van der Waals surface area (Å²) in [5, 5.41) is 22.7. The van der Waals surface area contributed by atoms with Crippen molar-refractivity contribution in [2.45, 2.75) is 105 Å². The molecule has 3 aliphatic heterocycles. The fourth-order valence-electron chi connectivity index (χ4n) is 8.40. The van der Waals surface area contributed by atoms with Gasteiger partial charge in [0.05, 0.1) is 26.2 Å². The summed E-state index contributed by atoms with van der Waals surface area (Å²) < 4.78 is 0. The van der Waals surface area contributed by atoms with E-state index >= 15 is 0 Å². The lowest BCUT2D eigenvalue weighted by molar-refractivity contribution is -0.118. The molecule has 3 fully saturated rings. The minimum Gasteiger partial charge on any atom is -0.384 e. The molecular weight excluding hydrogens is 1310 g/mol. The van der Waals surface area contributed by atoms with Crippen LogP contribution in [0.1, 0.15) is 98.1 Å². The average molecular weight is 1410 g/mol. The van der Waals surface area contributed by atoms with Crippen molar-refractivity contribution in [2.75, 3.05) is 146 Å². The van der Waals surface area contributed by atoms with E-state index < -0.39 is 0 Å².